The molecule has 27 heavy (non-hydrogen) atoms. The number of thioether (sulfide) groups is 1. The molecule has 0 aliphatic carbocycles. The molecule has 0 saturated heterocycles. The molecule has 0 N–H and O–H groups in total. The summed E-state index contributed by atoms with van der Waals surface area (Å²) in [4.78, 5) is 14.2. The Morgan fingerprint density at radius 1 is 1.15 bits per heavy atom. The summed E-state index contributed by atoms with van der Waals surface area (Å²) in [6.45, 7) is 8.50. The van der Waals surface area contributed by atoms with Crippen LogP contribution in [0.15, 0.2) is 23.4 Å². The van der Waals surface area contributed by atoms with Crippen molar-refractivity contribution in [2.45, 2.75) is 25.9 Å². The first-order valence-corrected chi connectivity index (χ1v) is 10.1. The lowest BCUT2D eigenvalue weighted by Crippen LogP contribution is -2.31. The van der Waals surface area contributed by atoms with E-state index in [2.05, 4.69) is 16.3 Å². The van der Waals surface area contributed by atoms with Crippen LogP contribution in [0.2, 0.25) is 0 Å². The molecule has 4 rings (SSSR count). The molecular formula is C19H22N4O3S. The molecule has 0 saturated carbocycles. The second kappa shape index (κ2) is 7.26. The van der Waals surface area contributed by atoms with Crippen molar-refractivity contribution in [2.75, 3.05) is 32.1 Å². The van der Waals surface area contributed by atoms with Crippen LogP contribution in [0.5, 0.6) is 11.5 Å². The molecule has 0 unspecified atom stereocenters. The maximum Gasteiger partial charge on any atom is 0.233 e. The minimum Gasteiger partial charge on any atom is -0.486 e. The first-order chi connectivity index (χ1) is 13.1. The maximum absolute atomic E-state index is 12.4. The predicted molar refractivity (Wildman–Crippen MR) is 105 cm³/mol. The fraction of sp³-hybridized carbons (Fsp3) is 0.421. The Bertz CT molecular complexity index is 1010. The molecule has 1 amide bonds. The summed E-state index contributed by atoms with van der Waals surface area (Å²) < 4.78 is 13.4. The van der Waals surface area contributed by atoms with Crippen LogP contribution < -0.4 is 9.47 Å². The van der Waals surface area contributed by atoms with E-state index in [0.29, 0.717) is 37.2 Å². The molecule has 0 spiro atoms. The van der Waals surface area contributed by atoms with Gasteiger partial charge in [0.2, 0.25) is 5.91 Å². The van der Waals surface area contributed by atoms with Crippen LogP contribution in [0.1, 0.15) is 19.4 Å². The van der Waals surface area contributed by atoms with Crippen molar-refractivity contribution in [3.8, 4) is 11.5 Å². The van der Waals surface area contributed by atoms with Gasteiger partial charge in [0, 0.05) is 24.5 Å². The van der Waals surface area contributed by atoms with Crippen LogP contribution in [0.4, 0.5) is 0 Å². The molecule has 0 bridgehead atoms. The van der Waals surface area contributed by atoms with Crippen molar-refractivity contribution in [2.24, 2.45) is 0 Å². The molecular weight excluding hydrogens is 364 g/mol. The number of nitrogens with zero attached hydrogens (tertiary/aromatic N) is 4. The van der Waals surface area contributed by atoms with E-state index in [1.165, 1.54) is 11.8 Å². The standard InChI is InChI=1S/C19H22N4O3S/c1-4-22(5-2)17(24)11-27-19-21-20-18-12(3)8-13-9-15-16(26-7-6-25-15)10-14(13)23(18)19/h8-10H,4-7,11H2,1-3H3. The highest BCUT2D eigenvalue weighted by atomic mass is 32.2. The lowest BCUT2D eigenvalue weighted by molar-refractivity contribution is -0.127. The number of fused-ring (bicyclic) bond motifs is 4. The molecule has 1 aliphatic heterocycles. The topological polar surface area (TPSA) is 69.0 Å². The van der Waals surface area contributed by atoms with E-state index in [-0.39, 0.29) is 5.91 Å². The third-order valence-corrected chi connectivity index (χ3v) is 5.65. The number of hydrogen-bond donors (Lipinski definition) is 0. The molecule has 0 atom stereocenters. The minimum atomic E-state index is 0.104. The van der Waals surface area contributed by atoms with Crippen molar-refractivity contribution in [1.29, 1.82) is 0 Å². The molecule has 1 aliphatic rings. The maximum atomic E-state index is 12.4. The van der Waals surface area contributed by atoms with Crippen molar-refractivity contribution < 1.29 is 14.3 Å². The zero-order chi connectivity index (χ0) is 19.0. The summed E-state index contributed by atoms with van der Waals surface area (Å²) in [5, 5.41) is 10.4. The van der Waals surface area contributed by atoms with Gasteiger partial charge in [0.05, 0.1) is 11.3 Å². The number of ether oxygens (including phenoxy) is 2. The molecule has 0 fully saturated rings. The van der Waals surface area contributed by atoms with E-state index in [4.69, 9.17) is 9.47 Å². The highest BCUT2D eigenvalue weighted by Crippen LogP contribution is 2.36. The number of aryl methyl sites for hydroxylation is 1. The van der Waals surface area contributed by atoms with E-state index >= 15 is 0 Å². The average molecular weight is 386 g/mol. The highest BCUT2D eigenvalue weighted by molar-refractivity contribution is 7.99. The van der Waals surface area contributed by atoms with Gasteiger partial charge in [-0.1, -0.05) is 11.8 Å². The third kappa shape index (κ3) is 3.18. The molecule has 142 valence electrons. The number of pyridine rings is 1. The molecule has 3 aromatic rings. The second-order valence-corrected chi connectivity index (χ2v) is 7.32. The predicted octanol–water partition coefficient (Wildman–Crippen LogP) is 2.92. The van der Waals surface area contributed by atoms with E-state index in [0.717, 1.165) is 33.6 Å². The summed E-state index contributed by atoms with van der Waals surface area (Å²) in [7, 11) is 0. The number of benzene rings is 1. The van der Waals surface area contributed by atoms with Gasteiger partial charge in [-0.15, -0.1) is 10.2 Å². The molecule has 0 radical (unpaired) electrons. The van der Waals surface area contributed by atoms with Crippen molar-refractivity contribution >= 4 is 34.2 Å². The Labute approximate surface area is 161 Å². The van der Waals surface area contributed by atoms with E-state index in [1.54, 1.807) is 0 Å². The van der Waals surface area contributed by atoms with Gasteiger partial charge in [-0.2, -0.15) is 0 Å². The Morgan fingerprint density at radius 3 is 2.56 bits per heavy atom. The van der Waals surface area contributed by atoms with Crippen LogP contribution in [-0.4, -0.2) is 57.5 Å². The molecule has 7 nitrogen and oxygen atoms in total. The zero-order valence-electron chi connectivity index (χ0n) is 15.7. The molecule has 8 heteroatoms. The van der Waals surface area contributed by atoms with E-state index in [1.807, 2.05) is 42.2 Å². The Balaban J connectivity index is 1.76. The Morgan fingerprint density at radius 2 is 1.85 bits per heavy atom. The number of amides is 1. The summed E-state index contributed by atoms with van der Waals surface area (Å²) in [6, 6.07) is 6.04. The van der Waals surface area contributed by atoms with Gasteiger partial charge in [-0.3, -0.25) is 9.20 Å². The SMILES string of the molecule is CCN(CC)C(=O)CSc1nnc2c(C)cc3cc4c(cc3n12)OCCO4. The molecule has 2 aromatic heterocycles. The Hall–Kier alpha value is -2.48. The number of hydrogen-bond acceptors (Lipinski definition) is 6. The fourth-order valence-electron chi connectivity index (χ4n) is 3.33. The Kier molecular flexibility index (Phi) is 4.82. The first kappa shape index (κ1) is 17.9. The highest BCUT2D eigenvalue weighted by Gasteiger charge is 2.19. The first-order valence-electron chi connectivity index (χ1n) is 9.11. The number of rotatable bonds is 5. The molecule has 3 heterocycles. The van der Waals surface area contributed by atoms with Crippen LogP contribution in [-0.2, 0) is 4.79 Å². The lowest BCUT2D eigenvalue weighted by atomic mass is 10.1. The monoisotopic (exact) mass is 386 g/mol. The quantitative estimate of drug-likeness (QED) is 0.628. The van der Waals surface area contributed by atoms with Gasteiger partial charge >= 0.3 is 0 Å². The summed E-state index contributed by atoms with van der Waals surface area (Å²) in [5.41, 5.74) is 2.76. The van der Waals surface area contributed by atoms with Crippen LogP contribution in [0.3, 0.4) is 0 Å². The van der Waals surface area contributed by atoms with Gasteiger partial charge in [-0.25, -0.2) is 0 Å². The van der Waals surface area contributed by atoms with Gasteiger partial charge in [0.1, 0.15) is 13.2 Å². The largest absolute Gasteiger partial charge is 0.486 e. The van der Waals surface area contributed by atoms with Gasteiger partial charge in [0.15, 0.2) is 22.3 Å². The van der Waals surface area contributed by atoms with E-state index in [9.17, 15) is 4.79 Å². The molecule has 1 aromatic carbocycles. The smallest absolute Gasteiger partial charge is 0.233 e. The van der Waals surface area contributed by atoms with Gasteiger partial charge in [-0.05, 0) is 38.5 Å². The second-order valence-electron chi connectivity index (χ2n) is 6.38. The van der Waals surface area contributed by atoms with Crippen LogP contribution in [0, 0.1) is 6.92 Å². The van der Waals surface area contributed by atoms with Crippen molar-refractivity contribution in [3.63, 3.8) is 0 Å². The number of aromatic nitrogens is 3. The zero-order valence-corrected chi connectivity index (χ0v) is 16.5. The summed E-state index contributed by atoms with van der Waals surface area (Å²) in [5.74, 6) is 1.92. The van der Waals surface area contributed by atoms with Gasteiger partial charge < -0.3 is 14.4 Å². The average Bonchev–Trinajstić information content (AvgIpc) is 3.11. The normalized spacial score (nSPS) is 13.3. The van der Waals surface area contributed by atoms with Crippen LogP contribution in [0.25, 0.3) is 16.6 Å². The number of carbonyl (C=O) groups is 1. The lowest BCUT2D eigenvalue weighted by Gasteiger charge is -2.19. The third-order valence-electron chi connectivity index (χ3n) is 4.73. The van der Waals surface area contributed by atoms with Crippen molar-refractivity contribution in [1.82, 2.24) is 19.5 Å². The fourth-order valence-corrected chi connectivity index (χ4v) is 4.18. The van der Waals surface area contributed by atoms with Crippen LogP contribution >= 0.6 is 11.8 Å². The minimum absolute atomic E-state index is 0.104. The van der Waals surface area contributed by atoms with Crippen molar-refractivity contribution in [3.05, 3.63) is 23.8 Å². The number of carbonyl (C=O) groups excluding carboxylic acids is 1. The summed E-state index contributed by atoms with van der Waals surface area (Å²) in [6.07, 6.45) is 0. The van der Waals surface area contributed by atoms with Gasteiger partial charge in [0.25, 0.3) is 0 Å². The summed E-state index contributed by atoms with van der Waals surface area (Å²) >= 11 is 1.41. The van der Waals surface area contributed by atoms with E-state index < -0.39 is 0 Å².